The molecule has 0 aromatic heterocycles. The van der Waals surface area contributed by atoms with Gasteiger partial charge in [-0.15, -0.1) is 0 Å². The first kappa shape index (κ1) is 21.0. The van der Waals surface area contributed by atoms with Gasteiger partial charge in [0.1, 0.15) is 11.5 Å². The fourth-order valence-corrected chi connectivity index (χ4v) is 3.59. The Morgan fingerprint density at radius 3 is 2.45 bits per heavy atom. The van der Waals surface area contributed by atoms with Gasteiger partial charge >= 0.3 is 0 Å². The van der Waals surface area contributed by atoms with Gasteiger partial charge in [-0.2, -0.15) is 0 Å². The van der Waals surface area contributed by atoms with Crippen molar-refractivity contribution in [3.05, 3.63) is 58.6 Å². The van der Waals surface area contributed by atoms with Gasteiger partial charge in [0.2, 0.25) is 5.91 Å². The lowest BCUT2D eigenvalue weighted by Crippen LogP contribution is -2.37. The minimum absolute atomic E-state index is 0.0840. The third-order valence-electron chi connectivity index (χ3n) is 5.11. The molecule has 0 saturated carbocycles. The second-order valence-electron chi connectivity index (χ2n) is 7.04. The molecule has 154 valence electrons. The van der Waals surface area contributed by atoms with Gasteiger partial charge in [0.25, 0.3) is 5.91 Å². The second kappa shape index (κ2) is 9.65. The molecule has 0 radical (unpaired) electrons. The van der Waals surface area contributed by atoms with Crippen molar-refractivity contribution in [1.29, 1.82) is 0 Å². The SMILES string of the molecule is COc1ccc(CCC(=O)N2CCCN(C(=O)c3cc(Cl)ccc3O)CC2)cc1. The minimum Gasteiger partial charge on any atom is -0.507 e. The van der Waals surface area contributed by atoms with Crippen LogP contribution in [0.5, 0.6) is 11.5 Å². The Bertz CT molecular complexity index is 870. The minimum atomic E-state index is -0.266. The molecule has 0 aliphatic carbocycles. The zero-order chi connectivity index (χ0) is 20.8. The van der Waals surface area contributed by atoms with E-state index in [1.165, 1.54) is 12.1 Å². The van der Waals surface area contributed by atoms with Crippen molar-refractivity contribution in [2.45, 2.75) is 19.3 Å². The van der Waals surface area contributed by atoms with Crippen molar-refractivity contribution in [2.75, 3.05) is 33.3 Å². The van der Waals surface area contributed by atoms with E-state index in [0.717, 1.165) is 11.3 Å². The molecular formula is C22H25ClN2O4. The highest BCUT2D eigenvalue weighted by molar-refractivity contribution is 6.31. The Morgan fingerprint density at radius 1 is 1.03 bits per heavy atom. The van der Waals surface area contributed by atoms with E-state index < -0.39 is 0 Å². The summed E-state index contributed by atoms with van der Waals surface area (Å²) >= 11 is 5.96. The number of carbonyl (C=O) groups is 2. The molecule has 0 atom stereocenters. The molecule has 6 nitrogen and oxygen atoms in total. The standard InChI is InChI=1S/C22H25ClN2O4/c1-29-18-7-3-16(4-8-18)5-10-21(27)24-11-2-12-25(14-13-24)22(28)19-15-17(23)6-9-20(19)26/h3-4,6-9,15,26H,2,5,10-14H2,1H3. The number of methoxy groups -OCH3 is 1. The van der Waals surface area contributed by atoms with Gasteiger partial charge in [0.15, 0.2) is 0 Å². The molecule has 2 aromatic carbocycles. The Balaban J connectivity index is 1.55. The maximum atomic E-state index is 12.8. The Labute approximate surface area is 175 Å². The van der Waals surface area contributed by atoms with Gasteiger partial charge in [-0.25, -0.2) is 0 Å². The number of ether oxygens (including phenoxy) is 1. The van der Waals surface area contributed by atoms with E-state index in [4.69, 9.17) is 16.3 Å². The molecule has 0 bridgehead atoms. The van der Waals surface area contributed by atoms with Crippen LogP contribution in [0.1, 0.15) is 28.8 Å². The quantitative estimate of drug-likeness (QED) is 0.811. The first-order valence-corrected chi connectivity index (χ1v) is 10.0. The summed E-state index contributed by atoms with van der Waals surface area (Å²) in [6.07, 6.45) is 1.79. The second-order valence-corrected chi connectivity index (χ2v) is 7.47. The number of phenols is 1. The molecule has 1 aliphatic rings. The number of hydrogen-bond donors (Lipinski definition) is 1. The lowest BCUT2D eigenvalue weighted by molar-refractivity contribution is -0.131. The van der Waals surface area contributed by atoms with Crippen LogP contribution in [0.25, 0.3) is 0 Å². The number of rotatable bonds is 5. The maximum Gasteiger partial charge on any atom is 0.257 e. The lowest BCUT2D eigenvalue weighted by atomic mass is 10.1. The summed E-state index contributed by atoms with van der Waals surface area (Å²) in [7, 11) is 1.62. The highest BCUT2D eigenvalue weighted by atomic mass is 35.5. The number of phenolic OH excluding ortho intramolecular Hbond substituents is 1. The highest BCUT2D eigenvalue weighted by Gasteiger charge is 2.24. The summed E-state index contributed by atoms with van der Waals surface area (Å²) < 4.78 is 5.15. The third-order valence-corrected chi connectivity index (χ3v) is 5.35. The number of nitrogens with zero attached hydrogens (tertiary/aromatic N) is 2. The van der Waals surface area contributed by atoms with Crippen LogP contribution in [-0.4, -0.2) is 60.0 Å². The van der Waals surface area contributed by atoms with E-state index in [1.807, 2.05) is 29.2 Å². The van der Waals surface area contributed by atoms with Crippen molar-refractivity contribution >= 4 is 23.4 Å². The van der Waals surface area contributed by atoms with Crippen molar-refractivity contribution in [2.24, 2.45) is 0 Å². The van der Waals surface area contributed by atoms with E-state index in [2.05, 4.69) is 0 Å². The first-order valence-electron chi connectivity index (χ1n) is 9.66. The number of aryl methyl sites for hydroxylation is 1. The Hall–Kier alpha value is -2.73. The van der Waals surface area contributed by atoms with Crippen LogP contribution in [-0.2, 0) is 11.2 Å². The van der Waals surface area contributed by atoms with Crippen molar-refractivity contribution in [3.8, 4) is 11.5 Å². The summed E-state index contributed by atoms with van der Waals surface area (Å²) in [6, 6.07) is 12.1. The monoisotopic (exact) mass is 416 g/mol. The van der Waals surface area contributed by atoms with Crippen LogP contribution in [0, 0.1) is 0 Å². The predicted molar refractivity (Wildman–Crippen MR) is 112 cm³/mol. The molecule has 3 rings (SSSR count). The van der Waals surface area contributed by atoms with Crippen molar-refractivity contribution in [1.82, 2.24) is 9.80 Å². The zero-order valence-electron chi connectivity index (χ0n) is 16.4. The van der Waals surface area contributed by atoms with Gasteiger partial charge in [-0.1, -0.05) is 23.7 Å². The van der Waals surface area contributed by atoms with Crippen LogP contribution in [0.4, 0.5) is 0 Å². The molecule has 0 spiro atoms. The fourth-order valence-electron chi connectivity index (χ4n) is 3.42. The largest absolute Gasteiger partial charge is 0.507 e. The zero-order valence-corrected chi connectivity index (χ0v) is 17.2. The fraction of sp³-hybridized carbons (Fsp3) is 0.364. The molecule has 1 saturated heterocycles. The number of carbonyl (C=O) groups excluding carboxylic acids is 2. The average molecular weight is 417 g/mol. The molecular weight excluding hydrogens is 392 g/mol. The number of hydrogen-bond acceptors (Lipinski definition) is 4. The summed E-state index contributed by atoms with van der Waals surface area (Å²) in [5.74, 6) is 0.525. The van der Waals surface area contributed by atoms with Crippen LogP contribution in [0.15, 0.2) is 42.5 Å². The first-order chi connectivity index (χ1) is 14.0. The molecule has 1 fully saturated rings. The van der Waals surface area contributed by atoms with Crippen molar-refractivity contribution in [3.63, 3.8) is 0 Å². The molecule has 2 amide bonds. The topological polar surface area (TPSA) is 70.1 Å². The van der Waals surface area contributed by atoms with Gasteiger partial charge < -0.3 is 19.6 Å². The summed E-state index contributed by atoms with van der Waals surface area (Å²) in [5.41, 5.74) is 1.28. The molecule has 1 N–H and O–H groups in total. The van der Waals surface area contributed by atoms with Crippen LogP contribution >= 0.6 is 11.6 Å². The molecule has 2 aromatic rings. The number of amides is 2. The molecule has 29 heavy (non-hydrogen) atoms. The van der Waals surface area contributed by atoms with Crippen LogP contribution in [0.3, 0.4) is 0 Å². The lowest BCUT2D eigenvalue weighted by Gasteiger charge is -2.22. The summed E-state index contributed by atoms with van der Waals surface area (Å²) in [6.45, 7) is 2.06. The smallest absolute Gasteiger partial charge is 0.257 e. The van der Waals surface area contributed by atoms with E-state index in [9.17, 15) is 14.7 Å². The summed E-state index contributed by atoms with van der Waals surface area (Å²) in [5, 5.41) is 10.4. The number of benzene rings is 2. The van der Waals surface area contributed by atoms with Gasteiger partial charge in [-0.3, -0.25) is 9.59 Å². The van der Waals surface area contributed by atoms with Crippen LogP contribution in [0.2, 0.25) is 5.02 Å². The normalized spacial score (nSPS) is 14.4. The Morgan fingerprint density at radius 2 is 1.72 bits per heavy atom. The highest BCUT2D eigenvalue weighted by Crippen LogP contribution is 2.23. The summed E-state index contributed by atoms with van der Waals surface area (Å²) in [4.78, 5) is 28.9. The van der Waals surface area contributed by atoms with E-state index >= 15 is 0 Å². The van der Waals surface area contributed by atoms with E-state index in [0.29, 0.717) is 50.5 Å². The third kappa shape index (κ3) is 5.41. The predicted octanol–water partition coefficient (Wildman–Crippen LogP) is 3.36. The van der Waals surface area contributed by atoms with Crippen LogP contribution < -0.4 is 4.74 Å². The van der Waals surface area contributed by atoms with Crippen molar-refractivity contribution < 1.29 is 19.4 Å². The van der Waals surface area contributed by atoms with E-state index in [1.54, 1.807) is 18.1 Å². The molecule has 0 unspecified atom stereocenters. The molecule has 7 heteroatoms. The maximum absolute atomic E-state index is 12.8. The Kier molecular flexibility index (Phi) is 6.99. The van der Waals surface area contributed by atoms with E-state index in [-0.39, 0.29) is 23.1 Å². The van der Waals surface area contributed by atoms with Gasteiger partial charge in [0, 0.05) is 37.6 Å². The average Bonchev–Trinajstić information content (AvgIpc) is 3.00. The number of halogens is 1. The number of aromatic hydroxyl groups is 1. The molecule has 1 aliphatic heterocycles. The molecule has 1 heterocycles. The van der Waals surface area contributed by atoms with Gasteiger partial charge in [-0.05, 0) is 48.7 Å². The van der Waals surface area contributed by atoms with Gasteiger partial charge in [0.05, 0.1) is 12.7 Å².